The predicted octanol–water partition coefficient (Wildman–Crippen LogP) is 2.10. The molecule has 3 aromatic rings. The summed E-state index contributed by atoms with van der Waals surface area (Å²) in [7, 11) is 0. The summed E-state index contributed by atoms with van der Waals surface area (Å²) >= 11 is 0. The van der Waals surface area contributed by atoms with Crippen LogP contribution in [-0.4, -0.2) is 43.8 Å². The smallest absolute Gasteiger partial charge is 0.407 e. The van der Waals surface area contributed by atoms with Gasteiger partial charge in [0.2, 0.25) is 0 Å². The van der Waals surface area contributed by atoms with E-state index in [1.54, 1.807) is 10.6 Å². The second kappa shape index (κ2) is 6.19. The molecule has 0 unspecified atom stereocenters. The maximum atomic E-state index is 12.3. The lowest BCUT2D eigenvalue weighted by atomic mass is 9.93. The molecule has 26 heavy (non-hydrogen) atoms. The van der Waals surface area contributed by atoms with Crippen LogP contribution in [0.2, 0.25) is 0 Å². The summed E-state index contributed by atoms with van der Waals surface area (Å²) in [5, 5.41) is 23.6. The van der Waals surface area contributed by atoms with E-state index in [0.29, 0.717) is 31.6 Å². The molecule has 1 amide bonds. The highest BCUT2D eigenvalue weighted by Crippen LogP contribution is 2.30. The quantitative estimate of drug-likeness (QED) is 0.734. The second-order valence-corrected chi connectivity index (χ2v) is 6.51. The van der Waals surface area contributed by atoms with Crippen LogP contribution in [0.15, 0.2) is 29.1 Å². The van der Waals surface area contributed by atoms with E-state index in [0.717, 1.165) is 22.2 Å². The number of H-pyrrole nitrogens is 1. The first-order chi connectivity index (χ1) is 12.6. The van der Waals surface area contributed by atoms with Gasteiger partial charge in [-0.1, -0.05) is 12.1 Å². The van der Waals surface area contributed by atoms with E-state index in [1.807, 2.05) is 18.2 Å². The van der Waals surface area contributed by atoms with Gasteiger partial charge < -0.3 is 15.0 Å². The normalized spacial score (nSPS) is 15.4. The molecular weight excluding hydrogens is 334 g/mol. The van der Waals surface area contributed by atoms with Crippen LogP contribution in [-0.2, 0) is 6.42 Å². The van der Waals surface area contributed by atoms with E-state index in [-0.39, 0.29) is 17.9 Å². The molecule has 0 spiro atoms. The fourth-order valence-electron chi connectivity index (χ4n) is 3.75. The highest BCUT2D eigenvalue weighted by molar-refractivity contribution is 5.95. The van der Waals surface area contributed by atoms with Crippen molar-refractivity contribution in [1.29, 1.82) is 5.26 Å². The van der Waals surface area contributed by atoms with E-state index in [2.05, 4.69) is 16.2 Å². The summed E-state index contributed by atoms with van der Waals surface area (Å²) < 4.78 is 1.74. The van der Waals surface area contributed by atoms with Gasteiger partial charge in [-0.2, -0.15) is 10.4 Å². The average molecular weight is 351 g/mol. The fourth-order valence-corrected chi connectivity index (χ4v) is 3.75. The van der Waals surface area contributed by atoms with Crippen LogP contribution in [0.4, 0.5) is 4.79 Å². The first-order valence-electron chi connectivity index (χ1n) is 8.47. The van der Waals surface area contributed by atoms with Crippen molar-refractivity contribution >= 4 is 22.6 Å². The molecular formula is C18H17N5O3. The molecule has 0 aliphatic carbocycles. The highest BCUT2D eigenvalue weighted by Gasteiger charge is 2.26. The largest absolute Gasteiger partial charge is 0.465 e. The maximum Gasteiger partial charge on any atom is 0.407 e. The van der Waals surface area contributed by atoms with E-state index in [1.165, 1.54) is 4.90 Å². The molecule has 2 N–H and O–H groups in total. The average Bonchev–Trinajstić information content (AvgIpc) is 3.01. The number of likely N-dealkylation sites (tertiary alicyclic amines) is 1. The summed E-state index contributed by atoms with van der Waals surface area (Å²) in [6, 6.07) is 9.27. The Bertz CT molecular complexity index is 1100. The second-order valence-electron chi connectivity index (χ2n) is 6.51. The van der Waals surface area contributed by atoms with Crippen LogP contribution in [0.3, 0.4) is 0 Å². The Kier molecular flexibility index (Phi) is 3.84. The Labute approximate surface area is 148 Å². The molecule has 2 aromatic heterocycles. The van der Waals surface area contributed by atoms with Gasteiger partial charge in [0.05, 0.1) is 23.7 Å². The molecule has 3 heterocycles. The number of carboxylic acid groups (broad SMARTS) is 1. The van der Waals surface area contributed by atoms with Crippen molar-refractivity contribution in [2.75, 3.05) is 13.1 Å². The minimum Gasteiger partial charge on any atom is -0.465 e. The number of nitriles is 1. The van der Waals surface area contributed by atoms with Gasteiger partial charge in [-0.25, -0.2) is 9.31 Å². The molecule has 4 rings (SSSR count). The van der Waals surface area contributed by atoms with Crippen LogP contribution in [0.5, 0.6) is 0 Å². The molecule has 1 saturated heterocycles. The summed E-state index contributed by atoms with van der Waals surface area (Å²) in [5.41, 5.74) is 2.71. The van der Waals surface area contributed by atoms with Crippen molar-refractivity contribution in [1.82, 2.24) is 19.5 Å². The zero-order valence-corrected chi connectivity index (χ0v) is 14.0. The number of hydrogen-bond donors (Lipinski definition) is 2. The monoisotopic (exact) mass is 351 g/mol. The molecule has 0 bridgehead atoms. The van der Waals surface area contributed by atoms with Gasteiger partial charge in [0, 0.05) is 30.5 Å². The van der Waals surface area contributed by atoms with Gasteiger partial charge in [0.15, 0.2) is 0 Å². The van der Waals surface area contributed by atoms with Crippen molar-refractivity contribution in [3.05, 3.63) is 45.9 Å². The number of rotatable bonds is 2. The van der Waals surface area contributed by atoms with Gasteiger partial charge in [0.1, 0.15) is 5.65 Å². The number of piperidine rings is 1. The van der Waals surface area contributed by atoms with Crippen LogP contribution >= 0.6 is 0 Å². The van der Waals surface area contributed by atoms with Gasteiger partial charge in [-0.15, -0.1) is 0 Å². The van der Waals surface area contributed by atoms with Gasteiger partial charge in [-0.05, 0) is 24.5 Å². The Morgan fingerprint density at radius 3 is 2.85 bits per heavy atom. The summed E-state index contributed by atoms with van der Waals surface area (Å²) in [4.78, 5) is 27.6. The minimum absolute atomic E-state index is 0.0594. The molecule has 0 radical (unpaired) electrons. The maximum absolute atomic E-state index is 12.3. The number of aromatic amines is 1. The van der Waals surface area contributed by atoms with E-state index in [4.69, 9.17) is 10.4 Å². The third-order valence-electron chi connectivity index (χ3n) is 5.00. The van der Waals surface area contributed by atoms with Crippen LogP contribution in [0.25, 0.3) is 16.6 Å². The van der Waals surface area contributed by atoms with E-state index >= 15 is 0 Å². The third kappa shape index (κ3) is 2.58. The number of benzene rings is 1. The van der Waals surface area contributed by atoms with Crippen LogP contribution in [0.1, 0.15) is 30.0 Å². The summed E-state index contributed by atoms with van der Waals surface area (Å²) in [6.45, 7) is 0.878. The van der Waals surface area contributed by atoms with E-state index < -0.39 is 6.09 Å². The summed E-state index contributed by atoms with van der Waals surface area (Å²) in [5.74, 6) is 0.0594. The van der Waals surface area contributed by atoms with Crippen molar-refractivity contribution < 1.29 is 9.90 Å². The molecule has 1 fully saturated rings. The summed E-state index contributed by atoms with van der Waals surface area (Å²) in [6.07, 6.45) is 0.616. The number of aromatic nitrogens is 3. The van der Waals surface area contributed by atoms with Crippen LogP contribution < -0.4 is 5.56 Å². The number of nitrogens with zero attached hydrogens (tertiary/aromatic N) is 4. The molecule has 8 nitrogen and oxygen atoms in total. The molecule has 1 aromatic carbocycles. The number of carbonyl (C=O) groups is 1. The lowest BCUT2D eigenvalue weighted by Crippen LogP contribution is -2.37. The molecule has 1 aliphatic rings. The first-order valence-corrected chi connectivity index (χ1v) is 8.47. The molecule has 1 aliphatic heterocycles. The standard InChI is InChI=1S/C18H17N5O3/c19-7-4-12-2-1-3-13-16(12)17-20-15(24)10-14(23(17)21-13)11-5-8-22(9-6-11)18(25)26/h1-3,10-11H,4-6,8-9H2,(H,20,24)(H,25,26). The number of fused-ring (bicyclic) bond motifs is 3. The molecule has 132 valence electrons. The molecule has 0 saturated carbocycles. The van der Waals surface area contributed by atoms with Gasteiger partial charge in [0.25, 0.3) is 5.56 Å². The number of nitrogens with one attached hydrogen (secondary N) is 1. The first kappa shape index (κ1) is 16.1. The molecule has 0 atom stereocenters. The Morgan fingerprint density at radius 2 is 2.15 bits per heavy atom. The number of hydrogen-bond acceptors (Lipinski definition) is 4. The Balaban J connectivity index is 1.85. The highest BCUT2D eigenvalue weighted by atomic mass is 16.4. The fraction of sp³-hybridized carbons (Fsp3) is 0.333. The lowest BCUT2D eigenvalue weighted by molar-refractivity contribution is 0.131. The van der Waals surface area contributed by atoms with Crippen molar-refractivity contribution in [2.24, 2.45) is 0 Å². The van der Waals surface area contributed by atoms with Gasteiger partial charge >= 0.3 is 6.09 Å². The van der Waals surface area contributed by atoms with E-state index in [9.17, 15) is 9.59 Å². The van der Waals surface area contributed by atoms with Crippen molar-refractivity contribution in [3.8, 4) is 6.07 Å². The Morgan fingerprint density at radius 1 is 1.38 bits per heavy atom. The zero-order valence-electron chi connectivity index (χ0n) is 14.0. The van der Waals surface area contributed by atoms with Gasteiger partial charge in [-0.3, -0.25) is 4.79 Å². The van der Waals surface area contributed by atoms with Crippen LogP contribution in [0, 0.1) is 11.3 Å². The third-order valence-corrected chi connectivity index (χ3v) is 5.00. The SMILES string of the molecule is N#CCc1cccc2nn3c(C4CCN(C(=O)O)CC4)cc(=O)[nH]c3c12. The Hall–Kier alpha value is -3.34. The predicted molar refractivity (Wildman–Crippen MR) is 94.2 cm³/mol. The number of amides is 1. The molecule has 8 heteroatoms. The van der Waals surface area contributed by atoms with Crippen molar-refractivity contribution in [2.45, 2.75) is 25.2 Å². The van der Waals surface area contributed by atoms with Crippen molar-refractivity contribution in [3.63, 3.8) is 0 Å². The minimum atomic E-state index is -0.912. The zero-order chi connectivity index (χ0) is 18.3. The topological polar surface area (TPSA) is 114 Å². The lowest BCUT2D eigenvalue weighted by Gasteiger charge is -2.30.